The van der Waals surface area contributed by atoms with Crippen molar-refractivity contribution >= 4 is 22.3 Å². The maximum absolute atomic E-state index is 13.1. The molecule has 0 aliphatic heterocycles. The molecule has 1 aromatic rings. The summed E-state index contributed by atoms with van der Waals surface area (Å²) < 4.78 is 76.6. The first-order valence-corrected chi connectivity index (χ1v) is 6.95. The van der Waals surface area contributed by atoms with Crippen LogP contribution in [0, 0.1) is 5.82 Å². The average molecular weight is 285 g/mol. The first kappa shape index (κ1) is 14.8. The number of ether oxygens (including phenoxy) is 1. The van der Waals surface area contributed by atoms with E-state index in [0.717, 1.165) is 6.26 Å². The number of benzene rings is 1. The highest BCUT2D eigenvalue weighted by Crippen LogP contribution is 2.18. The Bertz CT molecular complexity index is 527. The molecular formula is C9H10BF4O3S-. The SMILES string of the molecule is CS(=O)(=O)CCOc1cc([B-](F)(F)F)ccc1F. The summed E-state index contributed by atoms with van der Waals surface area (Å²) in [4.78, 5) is 0. The Morgan fingerprint density at radius 1 is 1.28 bits per heavy atom. The zero-order valence-corrected chi connectivity index (χ0v) is 10.2. The van der Waals surface area contributed by atoms with Crippen molar-refractivity contribution in [2.24, 2.45) is 0 Å². The van der Waals surface area contributed by atoms with Gasteiger partial charge in [0.25, 0.3) is 0 Å². The van der Waals surface area contributed by atoms with Gasteiger partial charge in [-0.2, -0.15) is 0 Å². The van der Waals surface area contributed by atoms with Gasteiger partial charge in [0, 0.05) is 6.26 Å². The van der Waals surface area contributed by atoms with Gasteiger partial charge in [-0.1, -0.05) is 6.07 Å². The summed E-state index contributed by atoms with van der Waals surface area (Å²) in [5.41, 5.74) is -0.995. The van der Waals surface area contributed by atoms with Crippen molar-refractivity contribution in [3.63, 3.8) is 0 Å². The van der Waals surface area contributed by atoms with Crippen molar-refractivity contribution in [1.29, 1.82) is 0 Å². The van der Waals surface area contributed by atoms with Gasteiger partial charge < -0.3 is 17.7 Å². The molecule has 1 aromatic carbocycles. The fourth-order valence-electron chi connectivity index (χ4n) is 1.14. The van der Waals surface area contributed by atoms with Crippen LogP contribution in [0.4, 0.5) is 17.3 Å². The van der Waals surface area contributed by atoms with E-state index < -0.39 is 46.2 Å². The average Bonchev–Trinajstić information content (AvgIpc) is 2.17. The molecule has 0 amide bonds. The molecule has 0 aliphatic rings. The summed E-state index contributed by atoms with van der Waals surface area (Å²) >= 11 is 0. The molecule has 9 heteroatoms. The Morgan fingerprint density at radius 2 is 1.89 bits per heavy atom. The lowest BCUT2D eigenvalue weighted by Gasteiger charge is -2.16. The number of hydrogen-bond acceptors (Lipinski definition) is 3. The molecule has 3 nitrogen and oxygen atoms in total. The first-order valence-electron chi connectivity index (χ1n) is 4.89. The van der Waals surface area contributed by atoms with Gasteiger partial charge in [0.2, 0.25) is 0 Å². The van der Waals surface area contributed by atoms with Crippen LogP contribution in [0.15, 0.2) is 18.2 Å². The third-order valence-electron chi connectivity index (χ3n) is 2.04. The Morgan fingerprint density at radius 3 is 2.39 bits per heavy atom. The van der Waals surface area contributed by atoms with E-state index >= 15 is 0 Å². The first-order chi connectivity index (χ1) is 8.09. The number of sulfone groups is 1. The second-order valence-corrected chi connectivity index (χ2v) is 6.00. The summed E-state index contributed by atoms with van der Waals surface area (Å²) in [5.74, 6) is -1.96. The van der Waals surface area contributed by atoms with E-state index in [4.69, 9.17) is 4.74 Å². The third-order valence-corrected chi connectivity index (χ3v) is 2.95. The summed E-state index contributed by atoms with van der Waals surface area (Å²) in [5, 5.41) is 0. The molecule has 0 spiro atoms. The number of hydrogen-bond donors (Lipinski definition) is 0. The number of rotatable bonds is 5. The molecule has 0 saturated heterocycles. The summed E-state index contributed by atoms with van der Waals surface area (Å²) in [6.07, 6.45) is 0.946. The van der Waals surface area contributed by atoms with Crippen LogP contribution in [0.5, 0.6) is 5.75 Å². The quantitative estimate of drug-likeness (QED) is 0.605. The van der Waals surface area contributed by atoms with Crippen LogP contribution in [0.3, 0.4) is 0 Å². The molecule has 0 atom stereocenters. The molecule has 0 radical (unpaired) electrons. The highest BCUT2D eigenvalue weighted by atomic mass is 32.2. The van der Waals surface area contributed by atoms with Gasteiger partial charge in [-0.25, -0.2) is 12.8 Å². The van der Waals surface area contributed by atoms with Gasteiger partial charge in [-0.05, 0) is 12.1 Å². The predicted octanol–water partition coefficient (Wildman–Crippen LogP) is 1.30. The number of halogens is 4. The zero-order valence-electron chi connectivity index (χ0n) is 9.37. The van der Waals surface area contributed by atoms with Gasteiger partial charge in [-0.15, -0.1) is 5.46 Å². The topological polar surface area (TPSA) is 43.4 Å². The summed E-state index contributed by atoms with van der Waals surface area (Å²) in [6, 6.07) is 1.77. The molecule has 102 valence electrons. The van der Waals surface area contributed by atoms with Gasteiger partial charge in [0.15, 0.2) is 21.4 Å². The van der Waals surface area contributed by atoms with Crippen LogP contribution in [-0.4, -0.2) is 34.0 Å². The molecule has 0 bridgehead atoms. The monoisotopic (exact) mass is 285 g/mol. The lowest BCUT2D eigenvalue weighted by atomic mass is 9.80. The fourth-order valence-corrected chi connectivity index (χ4v) is 1.52. The Balaban J connectivity index is 2.82. The lowest BCUT2D eigenvalue weighted by molar-refractivity contribution is 0.322. The molecule has 0 N–H and O–H groups in total. The van der Waals surface area contributed by atoms with Gasteiger partial charge in [-0.3, -0.25) is 0 Å². The van der Waals surface area contributed by atoms with Crippen LogP contribution in [-0.2, 0) is 9.84 Å². The highest BCUT2D eigenvalue weighted by molar-refractivity contribution is 7.90. The largest absolute Gasteiger partial charge is 0.509 e. The van der Waals surface area contributed by atoms with Crippen LogP contribution >= 0.6 is 0 Å². The van der Waals surface area contributed by atoms with Gasteiger partial charge >= 0.3 is 6.98 Å². The Labute approximate surface area is 102 Å². The summed E-state index contributed by atoms with van der Waals surface area (Å²) in [7, 11) is -3.31. The normalized spacial score (nSPS) is 12.5. The maximum Gasteiger partial charge on any atom is 0.509 e. The minimum Gasteiger partial charge on any atom is -0.490 e. The summed E-state index contributed by atoms with van der Waals surface area (Å²) in [6.45, 7) is -5.65. The zero-order chi connectivity index (χ0) is 14.0. The van der Waals surface area contributed by atoms with Gasteiger partial charge in [0.05, 0.1) is 5.75 Å². The molecule has 0 aromatic heterocycles. The molecule has 1 rings (SSSR count). The van der Waals surface area contributed by atoms with Crippen LogP contribution in [0.2, 0.25) is 0 Å². The van der Waals surface area contributed by atoms with Crippen molar-refractivity contribution in [3.05, 3.63) is 24.0 Å². The molecule has 18 heavy (non-hydrogen) atoms. The molecule has 0 aliphatic carbocycles. The van der Waals surface area contributed by atoms with E-state index in [1.807, 2.05) is 0 Å². The minimum atomic E-state index is -5.25. The van der Waals surface area contributed by atoms with E-state index in [9.17, 15) is 25.8 Å². The molecular weight excluding hydrogens is 275 g/mol. The van der Waals surface area contributed by atoms with E-state index in [2.05, 4.69) is 0 Å². The van der Waals surface area contributed by atoms with E-state index in [-0.39, 0.29) is 0 Å². The molecule has 0 fully saturated rings. The van der Waals surface area contributed by atoms with Crippen molar-refractivity contribution in [3.8, 4) is 5.75 Å². The molecule has 0 unspecified atom stereocenters. The third kappa shape index (κ3) is 4.56. The van der Waals surface area contributed by atoms with Crippen LogP contribution in [0.1, 0.15) is 0 Å². The highest BCUT2D eigenvalue weighted by Gasteiger charge is 2.26. The van der Waals surface area contributed by atoms with E-state index in [0.29, 0.717) is 18.2 Å². The van der Waals surface area contributed by atoms with Crippen LogP contribution in [0.25, 0.3) is 0 Å². The Kier molecular flexibility index (Phi) is 4.26. The van der Waals surface area contributed by atoms with E-state index in [1.54, 1.807) is 0 Å². The molecule has 0 heterocycles. The maximum atomic E-state index is 13.1. The smallest absolute Gasteiger partial charge is 0.490 e. The van der Waals surface area contributed by atoms with Crippen LogP contribution < -0.4 is 10.2 Å². The van der Waals surface area contributed by atoms with Gasteiger partial charge in [0.1, 0.15) is 6.61 Å². The van der Waals surface area contributed by atoms with Crippen molar-refractivity contribution in [2.45, 2.75) is 0 Å². The standard InChI is InChI=1S/C9H10BF4O3S/c1-18(15,16)5-4-17-9-6-7(10(12,13)14)2-3-8(9)11/h2-3,6H,4-5H2,1H3/q-1. The Hall–Kier alpha value is -1.25. The molecule has 0 saturated carbocycles. The minimum absolute atomic E-state index is 0.395. The predicted molar refractivity (Wildman–Crippen MR) is 60.3 cm³/mol. The van der Waals surface area contributed by atoms with Crippen molar-refractivity contribution in [1.82, 2.24) is 0 Å². The van der Waals surface area contributed by atoms with E-state index in [1.165, 1.54) is 0 Å². The van der Waals surface area contributed by atoms with Crippen molar-refractivity contribution < 1.29 is 30.5 Å². The van der Waals surface area contributed by atoms with Crippen molar-refractivity contribution in [2.75, 3.05) is 18.6 Å². The second kappa shape index (κ2) is 5.17. The second-order valence-electron chi connectivity index (χ2n) is 3.74. The lowest BCUT2D eigenvalue weighted by Crippen LogP contribution is -2.34. The fraction of sp³-hybridized carbons (Fsp3) is 0.333.